The van der Waals surface area contributed by atoms with Gasteiger partial charge in [-0.1, -0.05) is 0 Å². The van der Waals surface area contributed by atoms with E-state index in [0.29, 0.717) is 0 Å². The summed E-state index contributed by atoms with van der Waals surface area (Å²) in [5, 5.41) is 1.23. The molecule has 0 spiro atoms. The van der Waals surface area contributed by atoms with E-state index in [4.69, 9.17) is 0 Å². The van der Waals surface area contributed by atoms with Crippen LogP contribution < -0.4 is 0 Å². The first-order valence-electron chi connectivity index (χ1n) is 5.93. The SMILES string of the molecule is [Ge][CH2]C\C=C/C=[C]([Ge])/C1=C/C=C\CCCC1. The van der Waals surface area contributed by atoms with Crippen LogP contribution in [0.2, 0.25) is 5.25 Å². The molecule has 0 N–H and O–H groups in total. The third kappa shape index (κ3) is 5.95. The van der Waals surface area contributed by atoms with E-state index in [-0.39, 0.29) is 0 Å². The van der Waals surface area contributed by atoms with Crippen molar-refractivity contribution in [3.05, 3.63) is 46.4 Å². The van der Waals surface area contributed by atoms with Gasteiger partial charge in [-0.3, -0.25) is 0 Å². The number of hydrogen-bond acceptors (Lipinski definition) is 0. The van der Waals surface area contributed by atoms with Gasteiger partial charge in [0.1, 0.15) is 0 Å². The maximum absolute atomic E-state index is 2.28. The Labute approximate surface area is 116 Å². The zero-order chi connectivity index (χ0) is 11.6. The summed E-state index contributed by atoms with van der Waals surface area (Å²) in [6, 6.07) is 0. The second-order valence-corrected chi connectivity index (χ2v) is 6.09. The molecule has 6 radical (unpaired) electrons. The number of hydrogen-bond donors (Lipinski definition) is 0. The molecule has 0 aromatic carbocycles. The Kier molecular flexibility index (Phi) is 8.04. The normalized spacial score (nSPS) is 23.6. The van der Waals surface area contributed by atoms with Gasteiger partial charge in [-0.25, -0.2) is 0 Å². The van der Waals surface area contributed by atoms with E-state index in [9.17, 15) is 0 Å². The van der Waals surface area contributed by atoms with Crippen molar-refractivity contribution in [2.75, 3.05) is 0 Å². The van der Waals surface area contributed by atoms with Crippen LogP contribution in [0.4, 0.5) is 0 Å². The van der Waals surface area contributed by atoms with Crippen LogP contribution in [-0.2, 0) is 0 Å². The minimum atomic E-state index is 1.18. The fourth-order valence-corrected chi connectivity index (χ4v) is 2.61. The predicted molar refractivity (Wildman–Crippen MR) is 73.8 cm³/mol. The van der Waals surface area contributed by atoms with Gasteiger partial charge >= 0.3 is 117 Å². The average Bonchev–Trinajstić information content (AvgIpc) is 2.23. The van der Waals surface area contributed by atoms with Gasteiger partial charge in [-0.15, -0.1) is 0 Å². The molecule has 1 rings (SSSR count). The molecule has 1 aliphatic rings. The van der Waals surface area contributed by atoms with Crippen molar-refractivity contribution in [1.82, 2.24) is 0 Å². The Morgan fingerprint density at radius 3 is 3.06 bits per heavy atom. The van der Waals surface area contributed by atoms with E-state index in [1.165, 1.54) is 47.3 Å². The van der Waals surface area contributed by atoms with Gasteiger partial charge in [0.05, 0.1) is 0 Å². The standard InChI is InChI=1S/C14H18Ge2/c15-12-8-4-7-11-14(16)13-9-5-2-1-3-6-10-13/h2,4-5,7,9,11H,1,3,6,8,10,12H2/b5-2-,7-4-,13-9+,14-11-. The zero-order valence-corrected chi connectivity index (χ0v) is 13.9. The van der Waals surface area contributed by atoms with Gasteiger partial charge in [0.25, 0.3) is 0 Å². The first kappa shape index (κ1) is 14.1. The van der Waals surface area contributed by atoms with Crippen molar-refractivity contribution in [3.8, 4) is 0 Å². The first-order chi connectivity index (χ1) is 7.84. The Balaban J connectivity index is 2.59. The molecule has 0 saturated heterocycles. The summed E-state index contributed by atoms with van der Waals surface area (Å²) in [6.07, 6.45) is 19.8. The van der Waals surface area contributed by atoms with Gasteiger partial charge in [-0.2, -0.15) is 0 Å². The van der Waals surface area contributed by atoms with Crippen molar-refractivity contribution in [2.45, 2.75) is 37.4 Å². The van der Waals surface area contributed by atoms with Crippen molar-refractivity contribution >= 4 is 33.0 Å². The van der Waals surface area contributed by atoms with E-state index >= 15 is 0 Å². The molecule has 0 heterocycles. The molecular formula is C14H18Ge2. The van der Waals surface area contributed by atoms with Gasteiger partial charge in [-0.05, 0) is 0 Å². The van der Waals surface area contributed by atoms with Crippen molar-refractivity contribution in [3.63, 3.8) is 0 Å². The Morgan fingerprint density at radius 2 is 2.25 bits per heavy atom. The number of rotatable bonds is 4. The second kappa shape index (κ2) is 9.11. The number of allylic oxidation sites excluding steroid dienone is 8. The van der Waals surface area contributed by atoms with Gasteiger partial charge in [0.15, 0.2) is 0 Å². The second-order valence-electron chi connectivity index (χ2n) is 3.91. The molecule has 0 atom stereocenters. The van der Waals surface area contributed by atoms with Gasteiger partial charge < -0.3 is 0 Å². The molecule has 0 unspecified atom stereocenters. The van der Waals surface area contributed by atoms with Crippen molar-refractivity contribution in [2.24, 2.45) is 0 Å². The molecule has 1 aliphatic carbocycles. The molecule has 0 bridgehead atoms. The van der Waals surface area contributed by atoms with E-state index in [1.807, 2.05) is 0 Å². The Hall–Kier alpha value is 0.0457. The zero-order valence-electron chi connectivity index (χ0n) is 9.71. The molecule has 0 fully saturated rings. The van der Waals surface area contributed by atoms with Crippen LogP contribution >= 0.6 is 0 Å². The summed E-state index contributed by atoms with van der Waals surface area (Å²) >= 11 is 4.43. The molecule has 0 saturated carbocycles. The molecule has 0 amide bonds. The van der Waals surface area contributed by atoms with Crippen molar-refractivity contribution < 1.29 is 0 Å². The molecule has 0 aromatic heterocycles. The first-order valence-corrected chi connectivity index (χ1v) is 8.47. The quantitative estimate of drug-likeness (QED) is 0.545. The Bertz CT molecular complexity index is 309. The third-order valence-corrected chi connectivity index (χ3v) is 4.19. The van der Waals surface area contributed by atoms with E-state index in [2.05, 4.69) is 69.5 Å². The predicted octanol–water partition coefficient (Wildman–Crippen LogP) is 3.63. The van der Waals surface area contributed by atoms with Crippen LogP contribution in [0.3, 0.4) is 0 Å². The average molecular weight is 332 g/mol. The van der Waals surface area contributed by atoms with Crippen LogP contribution in [0.15, 0.2) is 46.4 Å². The van der Waals surface area contributed by atoms with Crippen LogP contribution in [0.25, 0.3) is 0 Å². The van der Waals surface area contributed by atoms with Gasteiger partial charge in [0, 0.05) is 0 Å². The van der Waals surface area contributed by atoms with Crippen LogP contribution in [-0.4, -0.2) is 33.0 Å². The van der Waals surface area contributed by atoms with Gasteiger partial charge in [0.2, 0.25) is 0 Å². The van der Waals surface area contributed by atoms with Crippen LogP contribution in [0.5, 0.6) is 0 Å². The van der Waals surface area contributed by atoms with E-state index in [0.717, 1.165) is 0 Å². The van der Waals surface area contributed by atoms with Crippen LogP contribution in [0.1, 0.15) is 32.1 Å². The monoisotopic (exact) mass is 334 g/mol. The molecule has 0 aromatic rings. The van der Waals surface area contributed by atoms with E-state index in [1.54, 1.807) is 0 Å². The molecule has 2 heteroatoms. The molecule has 0 aliphatic heterocycles. The maximum atomic E-state index is 2.28. The molecule has 16 heavy (non-hydrogen) atoms. The fourth-order valence-electron chi connectivity index (χ4n) is 1.62. The molecular weight excluding hydrogens is 313 g/mol. The van der Waals surface area contributed by atoms with Crippen molar-refractivity contribution in [1.29, 1.82) is 0 Å². The summed E-state index contributed by atoms with van der Waals surface area (Å²) in [6.45, 7) is 0. The summed E-state index contributed by atoms with van der Waals surface area (Å²) in [5.74, 6) is 0. The molecule has 0 nitrogen and oxygen atoms in total. The summed E-state index contributed by atoms with van der Waals surface area (Å²) in [7, 11) is 0. The summed E-state index contributed by atoms with van der Waals surface area (Å²) in [5.41, 5.74) is 1.50. The summed E-state index contributed by atoms with van der Waals surface area (Å²) in [4.78, 5) is 0. The van der Waals surface area contributed by atoms with Crippen LogP contribution in [0, 0.1) is 0 Å². The summed E-state index contributed by atoms with van der Waals surface area (Å²) < 4.78 is 1.42. The fraction of sp³-hybridized carbons (Fsp3) is 0.429. The Morgan fingerprint density at radius 1 is 1.38 bits per heavy atom. The topological polar surface area (TPSA) is 0 Å². The molecule has 82 valence electrons. The minimum absolute atomic E-state index is 1.18. The van der Waals surface area contributed by atoms with E-state index < -0.39 is 0 Å². The third-order valence-electron chi connectivity index (χ3n) is 2.56.